The lowest BCUT2D eigenvalue weighted by molar-refractivity contribution is -0.387. The lowest BCUT2D eigenvalue weighted by Gasteiger charge is -2.71. The minimum absolute atomic E-state index is 0.00588. The van der Waals surface area contributed by atoms with Crippen LogP contribution in [-0.4, -0.2) is 451 Å². The fourth-order valence-corrected chi connectivity index (χ4v) is 24.2. The molecule has 0 aromatic heterocycles. The molecule has 13 fully saturated rings. The fourth-order valence-electron chi connectivity index (χ4n) is 24.2. The molecule has 138 heavy (non-hydrogen) atoms. The van der Waals surface area contributed by atoms with E-state index in [0.29, 0.717) is 51.4 Å². The van der Waals surface area contributed by atoms with Gasteiger partial charge in [-0.25, -0.2) is 4.79 Å². The molecule has 786 valence electrons. The monoisotopic (exact) mass is 1980 g/mol. The molecule has 5 aliphatic carbocycles. The SMILES string of the molecule is COc1ccc(C=CC(=O)OC2C(O)C(COC3OC(C)C(O)C(O)C3O)OC(OC3C(O)C(CO)OC(OC4COC(OC5C(O)C(C)OC(OC6C(OC7CCC8(C)C(CCC9(C)C8CC=C8C%10CC(C)(C)CCC%10(C(=O)OC%10OC(COC%11OC(CO)C(OC%12OC(C)C(O)C(O)C%12O)C(O)C%11O)C(O)C(O)C%10O)CCC89C)C7(C)C)OCC(O)C6O)C5O)C(O)C4O)C3O)C2O)cc1O. The summed E-state index contributed by atoms with van der Waals surface area (Å²) in [5.41, 5.74) is -1.71. The highest BCUT2D eigenvalue weighted by Gasteiger charge is 2.71. The van der Waals surface area contributed by atoms with Crippen molar-refractivity contribution in [1.29, 1.82) is 0 Å². The first kappa shape index (κ1) is 108. The van der Waals surface area contributed by atoms with Crippen LogP contribution in [0.3, 0.4) is 0 Å². The largest absolute Gasteiger partial charge is 0.504 e. The van der Waals surface area contributed by atoms with Crippen molar-refractivity contribution in [3.63, 3.8) is 0 Å². The summed E-state index contributed by atoms with van der Waals surface area (Å²) in [5, 5.41) is 268. The van der Waals surface area contributed by atoms with Crippen molar-refractivity contribution >= 4 is 18.0 Å². The van der Waals surface area contributed by atoms with Crippen LogP contribution in [0.15, 0.2) is 35.9 Å². The van der Waals surface area contributed by atoms with Gasteiger partial charge in [0.25, 0.3) is 0 Å². The third-order valence-corrected chi connectivity index (χ3v) is 32.9. The van der Waals surface area contributed by atoms with E-state index >= 15 is 4.79 Å². The Labute approximate surface area is 795 Å². The molecule has 0 amide bonds. The molecule has 51 unspecified atom stereocenters. The van der Waals surface area contributed by atoms with Gasteiger partial charge >= 0.3 is 11.9 Å². The van der Waals surface area contributed by atoms with Gasteiger partial charge in [0, 0.05) is 6.08 Å². The Balaban J connectivity index is 0.573. The van der Waals surface area contributed by atoms with Crippen LogP contribution in [0.4, 0.5) is 0 Å². The second-order valence-corrected chi connectivity index (χ2v) is 42.1. The molecule has 24 N–H and O–H groups in total. The lowest BCUT2D eigenvalue weighted by Crippen LogP contribution is -2.67. The number of esters is 2. The maximum Gasteiger partial charge on any atom is 0.331 e. The number of phenolic OH excluding ortho intramolecular Hbond substituents is 1. The first-order valence-corrected chi connectivity index (χ1v) is 47.6. The van der Waals surface area contributed by atoms with E-state index in [2.05, 4.69) is 54.5 Å². The molecule has 15 rings (SSSR count). The Hall–Kier alpha value is -4.36. The number of hydrogen-bond donors (Lipinski definition) is 24. The van der Waals surface area contributed by atoms with Crippen molar-refractivity contribution in [3.8, 4) is 11.5 Å². The highest BCUT2D eigenvalue weighted by Crippen LogP contribution is 2.76. The predicted octanol–water partition coefficient (Wildman–Crippen LogP) is -6.57. The molecule has 0 bridgehead atoms. The van der Waals surface area contributed by atoms with E-state index < -0.39 is 338 Å². The van der Waals surface area contributed by atoms with Gasteiger partial charge in [-0.15, -0.1) is 0 Å². The van der Waals surface area contributed by atoms with E-state index in [1.54, 1.807) is 0 Å². The summed E-state index contributed by atoms with van der Waals surface area (Å²) in [6.07, 6.45) is -66.2. The number of aliphatic hydroxyl groups excluding tert-OH is 23. The quantitative estimate of drug-likeness (QED) is 0.0177. The molecule has 0 radical (unpaired) electrons. The summed E-state index contributed by atoms with van der Waals surface area (Å²) in [4.78, 5) is 28.9. The van der Waals surface area contributed by atoms with E-state index in [4.69, 9.17) is 94.7 Å². The molecule has 9 heterocycles. The Morgan fingerprint density at radius 1 is 0.435 bits per heavy atom. The number of carbonyl (C=O) groups is 2. The number of carbonyl (C=O) groups excluding carboxylic acids is 2. The molecule has 9 aliphatic heterocycles. The third-order valence-electron chi connectivity index (χ3n) is 32.9. The van der Waals surface area contributed by atoms with E-state index in [-0.39, 0.29) is 51.1 Å². The first-order valence-electron chi connectivity index (χ1n) is 47.6. The number of hydrogen-bond acceptors (Lipinski definition) is 46. The van der Waals surface area contributed by atoms with Crippen molar-refractivity contribution in [3.05, 3.63) is 41.5 Å². The lowest BCUT2D eigenvalue weighted by atomic mass is 9.33. The Morgan fingerprint density at radius 2 is 0.942 bits per heavy atom. The van der Waals surface area contributed by atoms with Gasteiger partial charge in [-0.1, -0.05) is 66.2 Å². The van der Waals surface area contributed by atoms with Crippen LogP contribution in [-0.2, 0) is 99.6 Å². The molecule has 1 aromatic carbocycles. The molecule has 4 saturated carbocycles. The van der Waals surface area contributed by atoms with Crippen molar-refractivity contribution in [2.75, 3.05) is 46.8 Å². The number of allylic oxidation sites excluding steroid dienone is 2. The molecular weight excluding hydrogens is 1840 g/mol. The summed E-state index contributed by atoms with van der Waals surface area (Å²) in [7, 11) is 1.32. The highest BCUT2D eigenvalue weighted by molar-refractivity contribution is 5.87. The number of benzene rings is 1. The Bertz CT molecular complexity index is 4300. The van der Waals surface area contributed by atoms with Crippen LogP contribution in [0.5, 0.6) is 11.5 Å². The molecule has 9 saturated heterocycles. The average molecular weight is 1980 g/mol. The van der Waals surface area contributed by atoms with Crippen molar-refractivity contribution in [1.82, 2.24) is 0 Å². The minimum Gasteiger partial charge on any atom is -0.504 e. The molecule has 46 nitrogen and oxygen atoms in total. The van der Waals surface area contributed by atoms with Gasteiger partial charge in [0.1, 0.15) is 183 Å². The smallest absolute Gasteiger partial charge is 0.331 e. The van der Waals surface area contributed by atoms with Crippen molar-refractivity contribution in [2.45, 2.75) is 404 Å². The molecule has 14 aliphatic rings. The maximum absolute atomic E-state index is 15.5. The van der Waals surface area contributed by atoms with Crippen LogP contribution in [0.1, 0.15) is 139 Å². The van der Waals surface area contributed by atoms with Crippen LogP contribution < -0.4 is 4.74 Å². The maximum atomic E-state index is 15.5. The van der Waals surface area contributed by atoms with Gasteiger partial charge in [-0.3, -0.25) is 4.79 Å². The summed E-state index contributed by atoms with van der Waals surface area (Å²) in [6.45, 7) is 15.3. The average Bonchev–Trinajstić information content (AvgIpc) is 0.672. The third kappa shape index (κ3) is 20.3. The molecule has 1 aromatic rings. The highest BCUT2D eigenvalue weighted by atomic mass is 16.8. The van der Waals surface area contributed by atoms with Crippen LogP contribution in [0.25, 0.3) is 6.08 Å². The minimum atomic E-state index is -2.20. The van der Waals surface area contributed by atoms with E-state index in [0.717, 1.165) is 24.5 Å². The van der Waals surface area contributed by atoms with Crippen molar-refractivity contribution < 1.29 is 227 Å². The summed E-state index contributed by atoms with van der Waals surface area (Å²) < 4.78 is 118. The summed E-state index contributed by atoms with van der Waals surface area (Å²) >= 11 is 0. The number of rotatable bonds is 26. The number of fused-ring (bicyclic) bond motifs is 7. The van der Waals surface area contributed by atoms with E-state index in [1.807, 2.05) is 0 Å². The number of ether oxygens (including phenoxy) is 20. The number of aromatic hydroxyl groups is 1. The second-order valence-electron chi connectivity index (χ2n) is 42.1. The molecular formula is C92H142O46. The zero-order valence-electron chi connectivity index (χ0n) is 78.6. The molecule has 46 heteroatoms. The van der Waals surface area contributed by atoms with Gasteiger partial charge in [0.2, 0.25) is 6.29 Å². The van der Waals surface area contributed by atoms with Crippen LogP contribution in [0.2, 0.25) is 0 Å². The van der Waals surface area contributed by atoms with Gasteiger partial charge in [-0.05, 0) is 154 Å². The summed E-state index contributed by atoms with van der Waals surface area (Å²) in [5.74, 6) is -2.25. The molecule has 0 spiro atoms. The predicted molar refractivity (Wildman–Crippen MR) is 457 cm³/mol. The standard InChI is InChI=1S/C92H142O46/c1-34-52(98)60(106)65(111)77(124-34)121-33-47-59(105)74(133-51(97)17-13-37-12-15-42(119-11)40(95)26-37)70(116)84(131-47)136-75-58(104)43(28-93)127-83(71(75)117)130-46-32-123-79(64(110)57(46)103)135-73-54(100)36(3)126-82(69(73)115)137-76-55(101)41(96)30-120-85(76)132-50-19-20-89(8)48(88(50,6)7)18-21-91(10)49(89)16-14-38-39-27-87(4,5)22-24-92(39,25-23-90(38,91)9)86(118)138-81-67(113)62(108)56(102)45(129-81)31-122-78-68(114)63(109)72(44(29-94)128-78)134-80-66(112)61(107)53(99)35(2)125-80/h12-15,17,26,34-36,39,41,43-50,52-85,93-96,98-117H,16,18-25,27-33H2,1-11H3. The van der Waals surface area contributed by atoms with Crippen molar-refractivity contribution in [2.24, 2.45) is 50.2 Å². The van der Waals surface area contributed by atoms with Gasteiger partial charge in [0.05, 0.1) is 76.6 Å². The van der Waals surface area contributed by atoms with Gasteiger partial charge < -0.3 is 217 Å². The fraction of sp³-hybridized carbons (Fsp3) is 0.870. The Kier molecular flexibility index (Phi) is 33.2. The van der Waals surface area contributed by atoms with E-state index in [1.165, 1.54) is 52.2 Å². The second kappa shape index (κ2) is 42.5. The first-order chi connectivity index (χ1) is 65.0. The van der Waals surface area contributed by atoms with Crippen LogP contribution >= 0.6 is 0 Å². The number of phenols is 1. The normalized spacial score (nSPS) is 50.8. The summed E-state index contributed by atoms with van der Waals surface area (Å²) in [6, 6.07) is 4.14. The number of aliphatic hydroxyl groups is 23. The van der Waals surface area contributed by atoms with Gasteiger partial charge in [-0.2, -0.15) is 0 Å². The number of methoxy groups -OCH3 is 1. The topological polar surface area (TPSA) is 704 Å². The van der Waals surface area contributed by atoms with Gasteiger partial charge in [0.15, 0.2) is 67.9 Å². The zero-order chi connectivity index (χ0) is 100. The zero-order valence-corrected chi connectivity index (χ0v) is 78.6. The Morgan fingerprint density at radius 3 is 1.59 bits per heavy atom. The molecule has 51 atom stereocenters. The van der Waals surface area contributed by atoms with E-state index in [9.17, 15) is 127 Å². The van der Waals surface area contributed by atoms with Crippen LogP contribution in [0, 0.1) is 50.2 Å².